The molecule has 0 fully saturated rings. The summed E-state index contributed by atoms with van der Waals surface area (Å²) < 4.78 is 26.9. The van der Waals surface area contributed by atoms with E-state index < -0.39 is 11.6 Å². The molecule has 0 amide bonds. The van der Waals surface area contributed by atoms with Crippen molar-refractivity contribution in [3.05, 3.63) is 52.0 Å². The quantitative estimate of drug-likeness (QED) is 0.827. The number of aromatic hydroxyl groups is 1. The van der Waals surface area contributed by atoms with E-state index >= 15 is 0 Å². The van der Waals surface area contributed by atoms with Crippen LogP contribution in [-0.2, 0) is 0 Å². The van der Waals surface area contributed by atoms with Gasteiger partial charge in [-0.2, -0.15) is 0 Å². The molecular weight excluding hydrogens is 290 g/mol. The van der Waals surface area contributed by atoms with Gasteiger partial charge in [0, 0.05) is 17.2 Å². The maximum atomic E-state index is 13.6. The van der Waals surface area contributed by atoms with E-state index in [-0.39, 0.29) is 11.3 Å². The highest BCUT2D eigenvalue weighted by Gasteiger charge is 2.13. The van der Waals surface area contributed by atoms with Crippen molar-refractivity contribution in [2.24, 2.45) is 0 Å². The Morgan fingerprint density at radius 3 is 2.41 bits per heavy atom. The van der Waals surface area contributed by atoms with Gasteiger partial charge in [-0.15, -0.1) is 0 Å². The SMILES string of the molecule is Cc1cc(Br)c(O)c(-c2ccc(F)cc2F)c1. The van der Waals surface area contributed by atoms with Crippen LogP contribution in [0.2, 0.25) is 0 Å². The smallest absolute Gasteiger partial charge is 0.137 e. The Bertz CT molecular complexity index is 582. The summed E-state index contributed by atoms with van der Waals surface area (Å²) in [7, 11) is 0. The van der Waals surface area contributed by atoms with Crippen molar-refractivity contribution in [2.45, 2.75) is 6.92 Å². The zero-order valence-corrected chi connectivity index (χ0v) is 10.6. The summed E-state index contributed by atoms with van der Waals surface area (Å²) in [6.07, 6.45) is 0. The van der Waals surface area contributed by atoms with Crippen LogP contribution in [0.4, 0.5) is 8.78 Å². The largest absolute Gasteiger partial charge is 0.506 e. The van der Waals surface area contributed by atoms with Crippen molar-refractivity contribution >= 4 is 15.9 Å². The van der Waals surface area contributed by atoms with E-state index in [0.29, 0.717) is 10.0 Å². The van der Waals surface area contributed by atoms with Gasteiger partial charge in [0.15, 0.2) is 0 Å². The summed E-state index contributed by atoms with van der Waals surface area (Å²) in [6.45, 7) is 1.83. The highest BCUT2D eigenvalue weighted by molar-refractivity contribution is 9.10. The summed E-state index contributed by atoms with van der Waals surface area (Å²) >= 11 is 3.19. The summed E-state index contributed by atoms with van der Waals surface area (Å²) in [4.78, 5) is 0. The normalized spacial score (nSPS) is 10.6. The highest BCUT2D eigenvalue weighted by atomic mass is 79.9. The van der Waals surface area contributed by atoms with E-state index in [9.17, 15) is 13.9 Å². The second-order valence-corrected chi connectivity index (χ2v) is 4.62. The number of phenolic OH excluding ortho intramolecular Hbond substituents is 1. The van der Waals surface area contributed by atoms with E-state index in [1.165, 1.54) is 6.07 Å². The Balaban J connectivity index is 2.68. The predicted octanol–water partition coefficient (Wildman–Crippen LogP) is 4.41. The molecular formula is C13H9BrF2O. The lowest BCUT2D eigenvalue weighted by Gasteiger charge is -2.09. The topological polar surface area (TPSA) is 20.2 Å². The number of benzene rings is 2. The lowest BCUT2D eigenvalue weighted by molar-refractivity contribution is 0.473. The van der Waals surface area contributed by atoms with Gasteiger partial charge in [-0.3, -0.25) is 0 Å². The molecule has 0 heterocycles. The Morgan fingerprint density at radius 1 is 1.06 bits per heavy atom. The van der Waals surface area contributed by atoms with Crippen molar-refractivity contribution < 1.29 is 13.9 Å². The van der Waals surface area contributed by atoms with Crippen LogP contribution in [-0.4, -0.2) is 5.11 Å². The summed E-state index contributed by atoms with van der Waals surface area (Å²) in [5, 5.41) is 9.86. The predicted molar refractivity (Wildman–Crippen MR) is 65.9 cm³/mol. The second kappa shape index (κ2) is 4.45. The molecule has 0 bridgehead atoms. The van der Waals surface area contributed by atoms with E-state index in [1.807, 2.05) is 6.92 Å². The van der Waals surface area contributed by atoms with Crippen molar-refractivity contribution in [1.29, 1.82) is 0 Å². The monoisotopic (exact) mass is 298 g/mol. The average molecular weight is 299 g/mol. The van der Waals surface area contributed by atoms with E-state index in [4.69, 9.17) is 0 Å². The molecule has 0 unspecified atom stereocenters. The first kappa shape index (κ1) is 12.0. The van der Waals surface area contributed by atoms with Crippen molar-refractivity contribution in [2.75, 3.05) is 0 Å². The maximum Gasteiger partial charge on any atom is 0.137 e. The first-order valence-corrected chi connectivity index (χ1v) is 5.73. The molecule has 1 nitrogen and oxygen atoms in total. The van der Waals surface area contributed by atoms with Gasteiger partial charge in [0.2, 0.25) is 0 Å². The van der Waals surface area contributed by atoms with Crippen LogP contribution < -0.4 is 0 Å². The standard InChI is InChI=1S/C13H9BrF2O/c1-7-4-10(13(17)11(14)5-7)9-3-2-8(15)6-12(9)16/h2-6,17H,1H3. The van der Waals surface area contributed by atoms with Gasteiger partial charge in [0.1, 0.15) is 17.4 Å². The van der Waals surface area contributed by atoms with E-state index in [2.05, 4.69) is 15.9 Å². The van der Waals surface area contributed by atoms with Crippen LogP contribution in [0.1, 0.15) is 5.56 Å². The molecule has 0 spiro atoms. The van der Waals surface area contributed by atoms with Gasteiger partial charge in [-0.1, -0.05) is 0 Å². The van der Waals surface area contributed by atoms with Crippen LogP contribution in [0.5, 0.6) is 5.75 Å². The Kier molecular flexibility index (Phi) is 3.15. The molecule has 0 atom stereocenters. The lowest BCUT2D eigenvalue weighted by atomic mass is 10.0. The molecule has 0 aliphatic rings. The summed E-state index contributed by atoms with van der Waals surface area (Å²) in [5.41, 5.74) is 1.39. The van der Waals surface area contributed by atoms with E-state index in [0.717, 1.165) is 17.7 Å². The van der Waals surface area contributed by atoms with Gasteiger partial charge in [-0.05, 0) is 52.7 Å². The minimum Gasteiger partial charge on any atom is -0.506 e. The number of phenols is 1. The van der Waals surface area contributed by atoms with Crippen molar-refractivity contribution in [3.8, 4) is 16.9 Å². The van der Waals surface area contributed by atoms with Gasteiger partial charge in [0.05, 0.1) is 4.47 Å². The van der Waals surface area contributed by atoms with Crippen LogP contribution in [0.3, 0.4) is 0 Å². The van der Waals surface area contributed by atoms with Gasteiger partial charge < -0.3 is 5.11 Å². The number of hydrogen-bond acceptors (Lipinski definition) is 1. The third kappa shape index (κ3) is 2.31. The fourth-order valence-electron chi connectivity index (χ4n) is 1.65. The molecule has 17 heavy (non-hydrogen) atoms. The van der Waals surface area contributed by atoms with Crippen LogP contribution >= 0.6 is 15.9 Å². The van der Waals surface area contributed by atoms with E-state index in [1.54, 1.807) is 12.1 Å². The Hall–Kier alpha value is -1.42. The maximum absolute atomic E-state index is 13.6. The third-order valence-electron chi connectivity index (χ3n) is 2.43. The fourth-order valence-corrected chi connectivity index (χ4v) is 2.22. The minimum atomic E-state index is -0.696. The van der Waals surface area contributed by atoms with Crippen molar-refractivity contribution in [1.82, 2.24) is 0 Å². The number of rotatable bonds is 1. The molecule has 4 heteroatoms. The fraction of sp³-hybridized carbons (Fsp3) is 0.0769. The molecule has 0 aliphatic carbocycles. The number of halogens is 3. The molecule has 2 aromatic rings. The zero-order chi connectivity index (χ0) is 12.6. The number of aryl methyl sites for hydroxylation is 1. The van der Waals surface area contributed by atoms with Gasteiger partial charge >= 0.3 is 0 Å². The van der Waals surface area contributed by atoms with Gasteiger partial charge in [0.25, 0.3) is 0 Å². The Labute approximate surface area is 106 Å². The lowest BCUT2D eigenvalue weighted by Crippen LogP contribution is -1.88. The summed E-state index contributed by atoms with van der Waals surface area (Å²) in [5.74, 6) is -1.39. The zero-order valence-electron chi connectivity index (χ0n) is 8.97. The highest BCUT2D eigenvalue weighted by Crippen LogP contribution is 2.37. The molecule has 2 rings (SSSR count). The first-order valence-electron chi connectivity index (χ1n) is 4.93. The molecule has 2 aromatic carbocycles. The summed E-state index contributed by atoms with van der Waals surface area (Å²) in [6, 6.07) is 6.64. The number of hydrogen-bond donors (Lipinski definition) is 1. The molecule has 0 saturated heterocycles. The molecule has 1 N–H and O–H groups in total. The molecule has 0 saturated carbocycles. The third-order valence-corrected chi connectivity index (χ3v) is 3.03. The average Bonchev–Trinajstić information content (AvgIpc) is 2.24. The van der Waals surface area contributed by atoms with Crippen LogP contribution in [0.25, 0.3) is 11.1 Å². The first-order chi connectivity index (χ1) is 7.99. The van der Waals surface area contributed by atoms with Crippen LogP contribution in [0.15, 0.2) is 34.8 Å². The minimum absolute atomic E-state index is 0.0545. The Morgan fingerprint density at radius 2 is 1.76 bits per heavy atom. The van der Waals surface area contributed by atoms with Crippen molar-refractivity contribution in [3.63, 3.8) is 0 Å². The second-order valence-electron chi connectivity index (χ2n) is 3.77. The molecule has 88 valence electrons. The molecule has 0 aliphatic heterocycles. The van der Waals surface area contributed by atoms with Gasteiger partial charge in [-0.25, -0.2) is 8.78 Å². The molecule has 0 radical (unpaired) electrons. The molecule has 0 aromatic heterocycles. The van der Waals surface area contributed by atoms with Crippen LogP contribution in [0, 0.1) is 18.6 Å².